The zero-order valence-corrected chi connectivity index (χ0v) is 11.9. The number of benzene rings is 2. The minimum absolute atomic E-state index is 0.102. The molecule has 0 saturated heterocycles. The van der Waals surface area contributed by atoms with Gasteiger partial charge < -0.3 is 9.47 Å². The van der Waals surface area contributed by atoms with Crippen LogP contribution in [-0.2, 0) is 11.0 Å². The van der Waals surface area contributed by atoms with Crippen LogP contribution in [0.1, 0.15) is 5.56 Å². The standard InChI is InChI=1S/C15H8F5NO3/c1-23-9-2-3-13(12(6-9)21-7-22)24-14-10(16)4-8(5-11(14)17)15(18,19)20/h2-6H,1H3. The largest absolute Gasteiger partial charge is 0.497 e. The normalized spacial score (nSPS) is 10.9. The Bertz CT molecular complexity index is 790. The Morgan fingerprint density at radius 3 is 2.21 bits per heavy atom. The smallest absolute Gasteiger partial charge is 0.416 e. The van der Waals surface area contributed by atoms with Crippen LogP contribution >= 0.6 is 0 Å². The summed E-state index contributed by atoms with van der Waals surface area (Å²) < 4.78 is 74.9. The van der Waals surface area contributed by atoms with Crippen LogP contribution in [0.15, 0.2) is 35.3 Å². The molecule has 126 valence electrons. The van der Waals surface area contributed by atoms with Gasteiger partial charge in [0.25, 0.3) is 0 Å². The Kier molecular flexibility index (Phi) is 4.85. The first-order valence-electron chi connectivity index (χ1n) is 6.26. The van der Waals surface area contributed by atoms with Gasteiger partial charge in [-0.15, -0.1) is 0 Å². The van der Waals surface area contributed by atoms with Gasteiger partial charge in [-0.25, -0.2) is 13.6 Å². The van der Waals surface area contributed by atoms with E-state index < -0.39 is 29.1 Å². The lowest BCUT2D eigenvalue weighted by Crippen LogP contribution is -2.07. The van der Waals surface area contributed by atoms with Gasteiger partial charge in [0.1, 0.15) is 11.4 Å². The van der Waals surface area contributed by atoms with E-state index in [0.717, 1.165) is 0 Å². The van der Waals surface area contributed by atoms with E-state index in [4.69, 9.17) is 9.47 Å². The Balaban J connectivity index is 2.47. The second-order valence-corrected chi connectivity index (χ2v) is 4.41. The van der Waals surface area contributed by atoms with E-state index in [2.05, 4.69) is 4.99 Å². The summed E-state index contributed by atoms with van der Waals surface area (Å²) in [5.74, 6) is -4.17. The number of carbonyl (C=O) groups excluding carboxylic acids is 1. The first kappa shape index (κ1) is 17.4. The number of methoxy groups -OCH3 is 1. The molecule has 0 atom stereocenters. The molecular weight excluding hydrogens is 337 g/mol. The van der Waals surface area contributed by atoms with Crippen LogP contribution in [-0.4, -0.2) is 13.2 Å². The molecule has 2 aromatic rings. The van der Waals surface area contributed by atoms with Crippen molar-refractivity contribution in [2.24, 2.45) is 4.99 Å². The van der Waals surface area contributed by atoms with Crippen LogP contribution in [0.25, 0.3) is 0 Å². The van der Waals surface area contributed by atoms with Crippen LogP contribution in [0.5, 0.6) is 17.2 Å². The second kappa shape index (κ2) is 6.67. The van der Waals surface area contributed by atoms with Crippen molar-refractivity contribution in [2.45, 2.75) is 6.18 Å². The molecule has 4 nitrogen and oxygen atoms in total. The van der Waals surface area contributed by atoms with Crippen molar-refractivity contribution in [3.8, 4) is 17.2 Å². The molecule has 0 unspecified atom stereocenters. The summed E-state index contributed by atoms with van der Waals surface area (Å²) in [5.41, 5.74) is -1.66. The molecule has 0 aliphatic carbocycles. The number of hydrogen-bond acceptors (Lipinski definition) is 4. The molecule has 2 rings (SSSR count). The van der Waals surface area contributed by atoms with Crippen LogP contribution in [0.3, 0.4) is 0 Å². The summed E-state index contributed by atoms with van der Waals surface area (Å²) in [7, 11) is 1.33. The lowest BCUT2D eigenvalue weighted by atomic mass is 10.2. The molecule has 0 spiro atoms. The molecule has 0 aliphatic rings. The molecule has 0 radical (unpaired) electrons. The highest BCUT2D eigenvalue weighted by molar-refractivity contribution is 5.61. The van der Waals surface area contributed by atoms with E-state index in [1.54, 1.807) is 0 Å². The third-order valence-electron chi connectivity index (χ3n) is 2.87. The van der Waals surface area contributed by atoms with Gasteiger partial charge in [-0.05, 0) is 24.3 Å². The fourth-order valence-corrected chi connectivity index (χ4v) is 1.78. The lowest BCUT2D eigenvalue weighted by Gasteiger charge is -2.13. The van der Waals surface area contributed by atoms with E-state index in [-0.39, 0.29) is 29.3 Å². The van der Waals surface area contributed by atoms with Gasteiger partial charge in [0, 0.05) is 6.07 Å². The highest BCUT2D eigenvalue weighted by Crippen LogP contribution is 2.39. The zero-order valence-electron chi connectivity index (χ0n) is 11.9. The number of aliphatic imine (C=N–C) groups is 1. The van der Waals surface area contributed by atoms with Gasteiger partial charge in [0.2, 0.25) is 6.08 Å². The van der Waals surface area contributed by atoms with Gasteiger partial charge in [-0.3, -0.25) is 0 Å². The predicted octanol–water partition coefficient (Wildman–Crippen LogP) is 4.75. The molecule has 0 fully saturated rings. The monoisotopic (exact) mass is 345 g/mol. The van der Waals surface area contributed by atoms with E-state index >= 15 is 0 Å². The third kappa shape index (κ3) is 3.69. The average molecular weight is 345 g/mol. The topological polar surface area (TPSA) is 47.9 Å². The predicted molar refractivity (Wildman–Crippen MR) is 72.2 cm³/mol. The quantitative estimate of drug-likeness (QED) is 0.456. The summed E-state index contributed by atoms with van der Waals surface area (Å²) >= 11 is 0. The van der Waals surface area contributed by atoms with Crippen LogP contribution < -0.4 is 9.47 Å². The number of alkyl halides is 3. The van der Waals surface area contributed by atoms with E-state index in [9.17, 15) is 26.7 Å². The summed E-state index contributed by atoms with van der Waals surface area (Å²) in [6, 6.07) is 3.96. The van der Waals surface area contributed by atoms with Gasteiger partial charge >= 0.3 is 6.18 Å². The Hall–Kier alpha value is -2.93. The van der Waals surface area contributed by atoms with Crippen molar-refractivity contribution in [2.75, 3.05) is 7.11 Å². The minimum atomic E-state index is -4.91. The second-order valence-electron chi connectivity index (χ2n) is 4.41. The number of hydrogen-bond donors (Lipinski definition) is 0. The van der Waals surface area contributed by atoms with Crippen LogP contribution in [0.4, 0.5) is 27.6 Å². The summed E-state index contributed by atoms with van der Waals surface area (Å²) in [6.45, 7) is 0. The zero-order chi connectivity index (χ0) is 17.9. The Labute approximate surface area is 132 Å². The van der Waals surface area contributed by atoms with Crippen molar-refractivity contribution in [1.82, 2.24) is 0 Å². The highest BCUT2D eigenvalue weighted by atomic mass is 19.4. The summed E-state index contributed by atoms with van der Waals surface area (Å²) in [6.07, 6.45) is -3.69. The fraction of sp³-hybridized carbons (Fsp3) is 0.133. The van der Waals surface area contributed by atoms with Crippen molar-refractivity contribution in [3.63, 3.8) is 0 Å². The SMILES string of the molecule is COc1ccc(Oc2c(F)cc(C(F)(F)F)cc2F)c(N=C=O)c1. The molecule has 24 heavy (non-hydrogen) atoms. The molecule has 0 saturated carbocycles. The van der Waals surface area contributed by atoms with E-state index in [0.29, 0.717) is 0 Å². The Morgan fingerprint density at radius 2 is 1.71 bits per heavy atom. The van der Waals surface area contributed by atoms with Gasteiger partial charge in [-0.2, -0.15) is 18.2 Å². The molecular formula is C15H8F5NO3. The maximum Gasteiger partial charge on any atom is 0.416 e. The molecule has 2 aromatic carbocycles. The van der Waals surface area contributed by atoms with Gasteiger partial charge in [0.05, 0.1) is 12.7 Å². The maximum atomic E-state index is 13.8. The van der Waals surface area contributed by atoms with Crippen LogP contribution in [0, 0.1) is 11.6 Å². The van der Waals surface area contributed by atoms with Crippen molar-refractivity contribution in [3.05, 3.63) is 47.5 Å². The summed E-state index contributed by atoms with van der Waals surface area (Å²) in [4.78, 5) is 13.7. The van der Waals surface area contributed by atoms with Crippen molar-refractivity contribution < 1.29 is 36.2 Å². The molecule has 9 heteroatoms. The number of rotatable bonds is 4. The highest BCUT2D eigenvalue weighted by Gasteiger charge is 2.33. The average Bonchev–Trinajstić information content (AvgIpc) is 2.51. The number of ether oxygens (including phenoxy) is 2. The maximum absolute atomic E-state index is 13.8. The van der Waals surface area contributed by atoms with Gasteiger partial charge in [0.15, 0.2) is 23.1 Å². The van der Waals surface area contributed by atoms with Gasteiger partial charge in [-0.1, -0.05) is 0 Å². The molecule has 0 heterocycles. The fourth-order valence-electron chi connectivity index (χ4n) is 1.78. The third-order valence-corrected chi connectivity index (χ3v) is 2.87. The van der Waals surface area contributed by atoms with Crippen molar-refractivity contribution in [1.29, 1.82) is 0 Å². The summed E-state index contributed by atoms with van der Waals surface area (Å²) in [5, 5.41) is 0. The lowest BCUT2D eigenvalue weighted by molar-refractivity contribution is -0.138. The van der Waals surface area contributed by atoms with E-state index in [1.165, 1.54) is 31.4 Å². The number of isocyanates is 1. The molecule has 0 amide bonds. The number of nitrogens with zero attached hydrogens (tertiary/aromatic N) is 1. The number of halogens is 5. The molecule has 0 aliphatic heterocycles. The molecule has 0 aromatic heterocycles. The molecule has 0 bridgehead atoms. The van der Waals surface area contributed by atoms with Crippen molar-refractivity contribution >= 4 is 11.8 Å². The molecule has 0 N–H and O–H groups in total. The first-order chi connectivity index (χ1) is 11.3. The van der Waals surface area contributed by atoms with Crippen LogP contribution in [0.2, 0.25) is 0 Å². The Morgan fingerprint density at radius 1 is 1.08 bits per heavy atom. The minimum Gasteiger partial charge on any atom is -0.497 e. The first-order valence-corrected chi connectivity index (χ1v) is 6.26. The van der Waals surface area contributed by atoms with E-state index in [1.807, 2.05) is 0 Å².